The van der Waals surface area contributed by atoms with Gasteiger partial charge in [0.25, 0.3) is 0 Å². The second-order valence-electron chi connectivity index (χ2n) is 4.83. The van der Waals surface area contributed by atoms with Crippen LogP contribution in [0, 0.1) is 16.0 Å². The Morgan fingerprint density at radius 3 is 2.65 bits per heavy atom. The van der Waals surface area contributed by atoms with E-state index in [-0.39, 0.29) is 6.61 Å². The zero-order valence-electron chi connectivity index (χ0n) is 11.4. The summed E-state index contributed by atoms with van der Waals surface area (Å²) in [6, 6.07) is 2.22. The largest absolute Gasteiger partial charge is 0.394 e. The second kappa shape index (κ2) is 6.84. The van der Waals surface area contributed by atoms with Crippen LogP contribution < -0.4 is 5.73 Å². The zero-order chi connectivity index (χ0) is 14.5. The van der Waals surface area contributed by atoms with Crippen molar-refractivity contribution in [2.24, 2.45) is 0 Å². The first-order valence-corrected chi connectivity index (χ1v) is 7.24. The SMILES string of the molecule is N#Cc1c2c(c(=S)n(CCOCCO)c1N)CCCC2. The van der Waals surface area contributed by atoms with Crippen LogP contribution in [0.4, 0.5) is 5.82 Å². The van der Waals surface area contributed by atoms with Crippen molar-refractivity contribution in [1.29, 1.82) is 5.26 Å². The topological polar surface area (TPSA) is 84.2 Å². The Morgan fingerprint density at radius 1 is 1.30 bits per heavy atom. The first kappa shape index (κ1) is 15.0. The van der Waals surface area contributed by atoms with Gasteiger partial charge in [-0.2, -0.15) is 5.26 Å². The maximum absolute atomic E-state index is 9.36. The maximum atomic E-state index is 9.36. The van der Waals surface area contributed by atoms with Crippen LogP contribution in [-0.4, -0.2) is 29.5 Å². The fraction of sp³-hybridized carbons (Fsp3) is 0.571. The van der Waals surface area contributed by atoms with Crippen LogP contribution in [0.3, 0.4) is 0 Å². The molecule has 0 unspecified atom stereocenters. The van der Waals surface area contributed by atoms with Crippen molar-refractivity contribution in [3.63, 3.8) is 0 Å². The molecule has 0 saturated carbocycles. The van der Waals surface area contributed by atoms with E-state index in [4.69, 9.17) is 27.8 Å². The molecule has 0 atom stereocenters. The Labute approximate surface area is 123 Å². The number of nitriles is 1. The van der Waals surface area contributed by atoms with Gasteiger partial charge in [0.15, 0.2) is 0 Å². The van der Waals surface area contributed by atoms with Crippen LogP contribution in [0.1, 0.15) is 29.5 Å². The third kappa shape index (κ3) is 2.85. The van der Waals surface area contributed by atoms with Gasteiger partial charge in [0.1, 0.15) is 16.5 Å². The molecule has 0 aromatic carbocycles. The van der Waals surface area contributed by atoms with Crippen molar-refractivity contribution in [2.45, 2.75) is 32.2 Å². The zero-order valence-corrected chi connectivity index (χ0v) is 12.2. The molecule has 0 bridgehead atoms. The van der Waals surface area contributed by atoms with E-state index in [1.807, 2.05) is 0 Å². The summed E-state index contributed by atoms with van der Waals surface area (Å²) in [6.45, 7) is 1.22. The van der Waals surface area contributed by atoms with Gasteiger partial charge in [0.2, 0.25) is 0 Å². The first-order valence-electron chi connectivity index (χ1n) is 6.83. The minimum atomic E-state index is -0.00544. The van der Waals surface area contributed by atoms with E-state index < -0.39 is 0 Å². The highest BCUT2D eigenvalue weighted by Crippen LogP contribution is 2.29. The number of nitrogens with zero attached hydrogens (tertiary/aromatic N) is 2. The van der Waals surface area contributed by atoms with Gasteiger partial charge < -0.3 is 20.1 Å². The standard InChI is InChI=1S/C14H19N3O2S/c15-9-12-10-3-1-2-4-11(10)14(20)17(13(12)16)5-7-19-8-6-18/h18H,1-8,16H2. The predicted molar refractivity (Wildman–Crippen MR) is 78.9 cm³/mol. The summed E-state index contributed by atoms with van der Waals surface area (Å²) in [5.41, 5.74) is 8.80. The number of ether oxygens (including phenoxy) is 1. The van der Waals surface area contributed by atoms with Gasteiger partial charge in [-0.1, -0.05) is 12.2 Å². The Bertz CT molecular complexity index is 590. The molecule has 0 radical (unpaired) electrons. The van der Waals surface area contributed by atoms with Gasteiger partial charge in [-0.25, -0.2) is 0 Å². The van der Waals surface area contributed by atoms with E-state index in [0.717, 1.165) is 41.5 Å². The van der Waals surface area contributed by atoms with Gasteiger partial charge >= 0.3 is 0 Å². The van der Waals surface area contributed by atoms with E-state index in [1.165, 1.54) is 0 Å². The molecule has 0 saturated heterocycles. The molecule has 0 aliphatic heterocycles. The molecule has 5 nitrogen and oxygen atoms in total. The minimum absolute atomic E-state index is 0.00544. The second-order valence-corrected chi connectivity index (χ2v) is 5.22. The quantitative estimate of drug-likeness (QED) is 0.636. The third-order valence-corrected chi connectivity index (χ3v) is 4.09. The van der Waals surface area contributed by atoms with E-state index in [9.17, 15) is 5.26 Å². The summed E-state index contributed by atoms with van der Waals surface area (Å²) < 4.78 is 7.77. The molecule has 0 amide bonds. The van der Waals surface area contributed by atoms with Gasteiger partial charge in [-0.05, 0) is 36.8 Å². The molecule has 3 N–H and O–H groups in total. The number of rotatable bonds is 5. The van der Waals surface area contributed by atoms with Crippen molar-refractivity contribution in [3.05, 3.63) is 21.3 Å². The van der Waals surface area contributed by atoms with Gasteiger partial charge in [-0.3, -0.25) is 0 Å². The van der Waals surface area contributed by atoms with Crippen LogP contribution in [0.25, 0.3) is 0 Å². The third-order valence-electron chi connectivity index (χ3n) is 3.63. The summed E-state index contributed by atoms with van der Waals surface area (Å²) >= 11 is 5.52. The first-order chi connectivity index (χ1) is 9.70. The molecular weight excluding hydrogens is 274 g/mol. The fourth-order valence-electron chi connectivity index (χ4n) is 2.65. The van der Waals surface area contributed by atoms with Gasteiger partial charge in [0, 0.05) is 6.54 Å². The minimum Gasteiger partial charge on any atom is -0.394 e. The molecule has 1 aliphatic carbocycles. The van der Waals surface area contributed by atoms with E-state index in [2.05, 4.69) is 6.07 Å². The molecular formula is C14H19N3O2S. The number of hydrogen-bond acceptors (Lipinski definition) is 5. The molecule has 108 valence electrons. The van der Waals surface area contributed by atoms with Crippen molar-refractivity contribution in [3.8, 4) is 6.07 Å². The number of nitrogens with two attached hydrogens (primary N) is 1. The van der Waals surface area contributed by atoms with Gasteiger partial charge in [0.05, 0.1) is 25.4 Å². The highest BCUT2D eigenvalue weighted by Gasteiger charge is 2.20. The lowest BCUT2D eigenvalue weighted by Crippen LogP contribution is -2.19. The molecule has 20 heavy (non-hydrogen) atoms. The Morgan fingerprint density at radius 2 is 2.00 bits per heavy atom. The Hall–Kier alpha value is -1.42. The lowest BCUT2D eigenvalue weighted by molar-refractivity contribution is 0.0870. The molecule has 6 heteroatoms. The molecule has 1 aromatic heterocycles. The Balaban J connectivity index is 2.37. The molecule has 0 spiro atoms. The average Bonchev–Trinajstić information content (AvgIpc) is 2.47. The monoisotopic (exact) mass is 293 g/mol. The molecule has 2 rings (SSSR count). The van der Waals surface area contributed by atoms with Crippen molar-refractivity contribution in [2.75, 3.05) is 25.6 Å². The summed E-state index contributed by atoms with van der Waals surface area (Å²) in [6.07, 6.45) is 3.99. The fourth-order valence-corrected chi connectivity index (χ4v) is 3.06. The van der Waals surface area contributed by atoms with Crippen molar-refractivity contribution in [1.82, 2.24) is 4.57 Å². The lowest BCUT2D eigenvalue weighted by atomic mass is 9.90. The van der Waals surface area contributed by atoms with Crippen LogP contribution in [0.5, 0.6) is 0 Å². The summed E-state index contributed by atoms with van der Waals surface area (Å²) in [7, 11) is 0. The van der Waals surface area contributed by atoms with E-state index >= 15 is 0 Å². The number of pyridine rings is 1. The summed E-state index contributed by atoms with van der Waals surface area (Å²) in [5, 5.41) is 18.1. The summed E-state index contributed by atoms with van der Waals surface area (Å²) in [5.74, 6) is 0.436. The molecule has 1 aromatic rings. The number of fused-ring (bicyclic) bond motifs is 1. The van der Waals surface area contributed by atoms with Gasteiger partial charge in [-0.15, -0.1) is 0 Å². The summed E-state index contributed by atoms with van der Waals surface area (Å²) in [4.78, 5) is 0. The number of aromatic nitrogens is 1. The normalized spacial score (nSPS) is 13.8. The van der Waals surface area contributed by atoms with Crippen molar-refractivity contribution < 1.29 is 9.84 Å². The predicted octanol–water partition coefficient (Wildman–Crippen LogP) is 1.56. The highest BCUT2D eigenvalue weighted by molar-refractivity contribution is 7.71. The van der Waals surface area contributed by atoms with Crippen LogP contribution in [0.15, 0.2) is 0 Å². The molecule has 1 heterocycles. The maximum Gasteiger partial charge on any atom is 0.122 e. The molecule has 0 fully saturated rings. The van der Waals surface area contributed by atoms with Crippen LogP contribution in [0.2, 0.25) is 0 Å². The number of nitrogen functional groups attached to an aromatic ring is 1. The van der Waals surface area contributed by atoms with Crippen molar-refractivity contribution >= 4 is 18.0 Å². The average molecular weight is 293 g/mol. The van der Waals surface area contributed by atoms with Crippen LogP contribution in [-0.2, 0) is 24.1 Å². The highest BCUT2D eigenvalue weighted by atomic mass is 32.1. The number of hydrogen-bond donors (Lipinski definition) is 2. The number of aliphatic hydroxyl groups is 1. The van der Waals surface area contributed by atoms with E-state index in [1.54, 1.807) is 4.57 Å². The van der Waals surface area contributed by atoms with Crippen LogP contribution >= 0.6 is 12.2 Å². The smallest absolute Gasteiger partial charge is 0.122 e. The number of aliphatic hydroxyl groups excluding tert-OH is 1. The number of anilines is 1. The Kier molecular flexibility index (Phi) is 5.12. The lowest BCUT2D eigenvalue weighted by Gasteiger charge is -2.22. The molecule has 1 aliphatic rings. The van der Waals surface area contributed by atoms with E-state index in [0.29, 0.717) is 31.1 Å².